The molecule has 2 fully saturated rings. The molecule has 2 aromatic carbocycles. The number of nitrogens with zero attached hydrogens (tertiary/aromatic N) is 2. The van der Waals surface area contributed by atoms with Crippen LogP contribution in [-0.2, 0) is 27.8 Å². The Kier molecular flexibility index (Phi) is 8.91. The third-order valence-electron chi connectivity index (χ3n) is 9.38. The first kappa shape index (κ1) is 29.0. The zero-order chi connectivity index (χ0) is 29.1. The van der Waals surface area contributed by atoms with Gasteiger partial charge < -0.3 is 14.2 Å². The molecule has 0 radical (unpaired) electrons. The van der Waals surface area contributed by atoms with E-state index in [9.17, 15) is 18.8 Å². The molecule has 1 amide bonds. The second-order valence-electron chi connectivity index (χ2n) is 11.9. The normalized spacial score (nSPS) is 23.5. The van der Waals surface area contributed by atoms with E-state index in [1.807, 2.05) is 59.8 Å². The van der Waals surface area contributed by atoms with Crippen molar-refractivity contribution in [3.05, 3.63) is 71.4 Å². The molecule has 0 unspecified atom stereocenters. The van der Waals surface area contributed by atoms with Gasteiger partial charge in [0.15, 0.2) is 5.78 Å². The van der Waals surface area contributed by atoms with Gasteiger partial charge in [-0.3, -0.25) is 14.0 Å². The van der Waals surface area contributed by atoms with Crippen LogP contribution in [0.4, 0.5) is 4.39 Å². The van der Waals surface area contributed by atoms with Crippen LogP contribution >= 0.6 is 0 Å². The molecular formula is C34H41FN2O4. The molecule has 3 aromatic rings. The summed E-state index contributed by atoms with van der Waals surface area (Å²) in [7, 11) is 1.83. The second-order valence-corrected chi connectivity index (χ2v) is 11.9. The first-order valence-electron chi connectivity index (χ1n) is 15.0. The number of benzene rings is 2. The number of carbonyl (C=O) groups excluding carboxylic acids is 3. The minimum absolute atomic E-state index is 0.0324. The number of likely N-dealkylation sites (tertiary alicyclic amines) is 1. The van der Waals surface area contributed by atoms with E-state index in [0.717, 1.165) is 54.1 Å². The molecule has 2 aliphatic rings. The lowest BCUT2D eigenvalue weighted by atomic mass is 9.76. The number of hydrogen-bond donors (Lipinski definition) is 0. The number of halogens is 1. The molecule has 2 heterocycles. The zero-order valence-electron chi connectivity index (χ0n) is 24.4. The van der Waals surface area contributed by atoms with Crippen LogP contribution in [0.25, 0.3) is 10.9 Å². The maximum Gasteiger partial charge on any atom is 0.354 e. The van der Waals surface area contributed by atoms with Gasteiger partial charge >= 0.3 is 5.97 Å². The van der Waals surface area contributed by atoms with E-state index in [2.05, 4.69) is 12.1 Å². The SMILES string of the molecule is CCOC(=O)c1cc2cc(CC(=O)[C@@H]3[C@H](c4ccccc4)CCN3C(=O)C3CCC([C@H](C)CF)CC3)ccc2n1C. The maximum absolute atomic E-state index is 14.1. The lowest BCUT2D eigenvalue weighted by Crippen LogP contribution is -2.46. The summed E-state index contributed by atoms with van der Waals surface area (Å²) in [6.07, 6.45) is 4.20. The van der Waals surface area contributed by atoms with Gasteiger partial charge in [-0.1, -0.05) is 43.3 Å². The van der Waals surface area contributed by atoms with E-state index in [1.54, 1.807) is 13.0 Å². The summed E-state index contributed by atoms with van der Waals surface area (Å²) in [5.74, 6) is -0.0607. The highest BCUT2D eigenvalue weighted by Gasteiger charge is 2.44. The van der Waals surface area contributed by atoms with Crippen molar-refractivity contribution in [3.63, 3.8) is 0 Å². The predicted molar refractivity (Wildman–Crippen MR) is 157 cm³/mol. The summed E-state index contributed by atoms with van der Waals surface area (Å²) >= 11 is 0. The number of aryl methyl sites for hydroxylation is 1. The minimum atomic E-state index is -0.519. The molecule has 218 valence electrons. The van der Waals surface area contributed by atoms with E-state index >= 15 is 0 Å². The van der Waals surface area contributed by atoms with E-state index in [-0.39, 0.29) is 48.5 Å². The number of ketones is 1. The Balaban J connectivity index is 1.37. The Morgan fingerprint density at radius 3 is 2.41 bits per heavy atom. The molecule has 41 heavy (non-hydrogen) atoms. The third kappa shape index (κ3) is 5.95. The van der Waals surface area contributed by atoms with Crippen LogP contribution in [0.1, 0.15) is 73.5 Å². The van der Waals surface area contributed by atoms with Gasteiger partial charge in [0.2, 0.25) is 5.91 Å². The van der Waals surface area contributed by atoms with Crippen molar-refractivity contribution in [1.82, 2.24) is 9.47 Å². The van der Waals surface area contributed by atoms with Crippen molar-refractivity contribution in [2.75, 3.05) is 19.8 Å². The van der Waals surface area contributed by atoms with Gasteiger partial charge in [0.1, 0.15) is 5.69 Å². The summed E-state index contributed by atoms with van der Waals surface area (Å²) in [5, 5.41) is 0.874. The summed E-state index contributed by atoms with van der Waals surface area (Å²) in [6, 6.07) is 17.2. The van der Waals surface area contributed by atoms with Crippen LogP contribution in [0.5, 0.6) is 0 Å². The van der Waals surface area contributed by atoms with Gasteiger partial charge in [-0.2, -0.15) is 0 Å². The average Bonchev–Trinajstić information content (AvgIpc) is 3.58. The third-order valence-corrected chi connectivity index (χ3v) is 9.38. The molecule has 0 bridgehead atoms. The van der Waals surface area contributed by atoms with Gasteiger partial charge in [-0.05, 0) is 80.2 Å². The van der Waals surface area contributed by atoms with Gasteiger partial charge in [-0.15, -0.1) is 0 Å². The van der Waals surface area contributed by atoms with Crippen molar-refractivity contribution in [2.24, 2.45) is 24.8 Å². The molecule has 6 nitrogen and oxygen atoms in total. The number of carbonyl (C=O) groups is 3. The Bertz CT molecular complexity index is 1390. The fourth-order valence-corrected chi connectivity index (χ4v) is 7.00. The number of fused-ring (bicyclic) bond motifs is 1. The van der Waals surface area contributed by atoms with Crippen molar-refractivity contribution in [1.29, 1.82) is 0 Å². The molecule has 1 aliphatic heterocycles. The van der Waals surface area contributed by atoms with Crippen molar-refractivity contribution in [2.45, 2.75) is 64.3 Å². The first-order chi connectivity index (χ1) is 19.8. The van der Waals surface area contributed by atoms with Gasteiger partial charge in [-0.25, -0.2) is 4.79 Å². The fourth-order valence-electron chi connectivity index (χ4n) is 7.00. The molecule has 5 rings (SSSR count). The Labute approximate surface area is 241 Å². The first-order valence-corrected chi connectivity index (χ1v) is 15.0. The number of hydrogen-bond acceptors (Lipinski definition) is 4. The molecule has 3 atom stereocenters. The zero-order valence-corrected chi connectivity index (χ0v) is 24.4. The molecule has 0 spiro atoms. The van der Waals surface area contributed by atoms with E-state index in [1.165, 1.54) is 0 Å². The molecule has 7 heteroatoms. The van der Waals surface area contributed by atoms with Gasteiger partial charge in [0, 0.05) is 42.8 Å². The van der Waals surface area contributed by atoms with Crippen LogP contribution < -0.4 is 0 Å². The highest BCUT2D eigenvalue weighted by Crippen LogP contribution is 2.39. The molecular weight excluding hydrogens is 519 g/mol. The minimum Gasteiger partial charge on any atom is -0.461 e. The summed E-state index contributed by atoms with van der Waals surface area (Å²) < 4.78 is 20.2. The molecule has 1 aliphatic carbocycles. The topological polar surface area (TPSA) is 68.6 Å². The van der Waals surface area contributed by atoms with Crippen LogP contribution in [0.15, 0.2) is 54.6 Å². The van der Waals surface area contributed by atoms with E-state index < -0.39 is 6.04 Å². The fraction of sp³-hybridized carbons (Fsp3) is 0.500. The number of alkyl halides is 1. The summed E-state index contributed by atoms with van der Waals surface area (Å²) in [6.45, 7) is 4.29. The molecule has 1 saturated heterocycles. The smallest absolute Gasteiger partial charge is 0.354 e. The van der Waals surface area contributed by atoms with Crippen molar-refractivity contribution >= 4 is 28.6 Å². The highest BCUT2D eigenvalue weighted by atomic mass is 19.1. The molecule has 1 saturated carbocycles. The van der Waals surface area contributed by atoms with Crippen LogP contribution in [0, 0.1) is 17.8 Å². The molecule has 1 aromatic heterocycles. The van der Waals surface area contributed by atoms with E-state index in [0.29, 0.717) is 24.8 Å². The second kappa shape index (κ2) is 12.6. The summed E-state index contributed by atoms with van der Waals surface area (Å²) in [4.78, 5) is 42.2. The number of ether oxygens (including phenoxy) is 1. The number of aromatic nitrogens is 1. The Morgan fingerprint density at radius 2 is 1.73 bits per heavy atom. The monoisotopic (exact) mass is 560 g/mol. The van der Waals surface area contributed by atoms with Crippen molar-refractivity contribution in [3.8, 4) is 0 Å². The van der Waals surface area contributed by atoms with Crippen molar-refractivity contribution < 1.29 is 23.5 Å². The van der Waals surface area contributed by atoms with Gasteiger partial charge in [0.25, 0.3) is 0 Å². The lowest BCUT2D eigenvalue weighted by Gasteiger charge is -2.35. The lowest BCUT2D eigenvalue weighted by molar-refractivity contribution is -0.142. The molecule has 0 N–H and O–H groups in total. The number of esters is 1. The summed E-state index contributed by atoms with van der Waals surface area (Å²) in [5.41, 5.74) is 3.30. The maximum atomic E-state index is 14.1. The number of amides is 1. The standard InChI is InChI=1S/C34H41FN2O4/c1-4-41-34(40)30-20-27-18-23(10-15-29(27)36(30)3)19-31(38)32-28(25-8-6-5-7-9-25)16-17-37(32)33(39)26-13-11-24(12-14-26)22(2)21-35/h5-10,15,18,20,22,24,26,28,32H,4,11-14,16-17,19,21H2,1-3H3/t22-,24?,26?,28+,32+/m1/s1. The van der Waals surface area contributed by atoms with Crippen LogP contribution in [0.3, 0.4) is 0 Å². The van der Waals surface area contributed by atoms with Crippen LogP contribution in [0.2, 0.25) is 0 Å². The Hall–Kier alpha value is -3.48. The Morgan fingerprint density at radius 1 is 1.00 bits per heavy atom. The van der Waals surface area contributed by atoms with E-state index in [4.69, 9.17) is 4.74 Å². The van der Waals surface area contributed by atoms with Gasteiger partial charge in [0.05, 0.1) is 19.3 Å². The number of rotatable bonds is 9. The predicted octanol–water partition coefficient (Wildman–Crippen LogP) is 6.26. The quantitative estimate of drug-likeness (QED) is 0.290. The highest BCUT2D eigenvalue weighted by molar-refractivity contribution is 5.97. The number of Topliss-reactive ketones (excluding diaryl/α,β-unsaturated/α-hetero) is 1. The average molecular weight is 561 g/mol. The largest absolute Gasteiger partial charge is 0.461 e. The van der Waals surface area contributed by atoms with Crippen LogP contribution in [-0.4, -0.2) is 53.0 Å².